The molecule has 1 aromatic heterocycles. The number of nitrogens with zero attached hydrogens (tertiary/aromatic N) is 2. The van der Waals surface area contributed by atoms with Gasteiger partial charge in [-0.25, -0.2) is 4.99 Å². The number of halogens is 1. The van der Waals surface area contributed by atoms with Gasteiger partial charge in [0.1, 0.15) is 12.3 Å². The minimum absolute atomic E-state index is 0. The number of carbonyl (C=O) groups excluding carboxylic acids is 1. The lowest BCUT2D eigenvalue weighted by Gasteiger charge is -2.14. The number of guanidine groups is 1. The van der Waals surface area contributed by atoms with Crippen molar-refractivity contribution in [1.29, 1.82) is 0 Å². The maximum Gasteiger partial charge on any atom is 0.243 e. The van der Waals surface area contributed by atoms with Gasteiger partial charge in [-0.15, -0.1) is 24.0 Å². The van der Waals surface area contributed by atoms with E-state index in [4.69, 9.17) is 13.9 Å². The van der Waals surface area contributed by atoms with Crippen LogP contribution in [0.15, 0.2) is 46.0 Å². The largest absolute Gasteiger partial charge is 0.493 e. The Hall–Kier alpha value is -2.43. The zero-order chi connectivity index (χ0) is 22.5. The molecule has 2 N–H and O–H groups in total. The summed E-state index contributed by atoms with van der Waals surface area (Å²) in [5.74, 6) is 2.98. The van der Waals surface area contributed by atoms with E-state index in [1.807, 2.05) is 37.3 Å². The van der Waals surface area contributed by atoms with Gasteiger partial charge in [0.15, 0.2) is 17.5 Å². The van der Waals surface area contributed by atoms with Gasteiger partial charge in [-0.3, -0.25) is 4.79 Å². The summed E-state index contributed by atoms with van der Waals surface area (Å²) < 4.78 is 16.3. The van der Waals surface area contributed by atoms with Gasteiger partial charge in [-0.05, 0) is 49.6 Å². The smallest absolute Gasteiger partial charge is 0.243 e. The van der Waals surface area contributed by atoms with E-state index in [2.05, 4.69) is 15.6 Å². The summed E-state index contributed by atoms with van der Waals surface area (Å²) in [5.41, 5.74) is 1.18. The SMILES string of the molecule is CCOc1cc(CCCNC(=NCC(=O)N(C)C)NCCc2ccco2)ccc1OC.I. The van der Waals surface area contributed by atoms with Crippen LogP contribution in [0.2, 0.25) is 0 Å². The molecule has 0 atom stereocenters. The molecule has 1 aromatic carbocycles. The highest BCUT2D eigenvalue weighted by molar-refractivity contribution is 14.0. The summed E-state index contributed by atoms with van der Waals surface area (Å²) in [4.78, 5) is 17.8. The number of likely N-dealkylation sites (N-methyl/N-ethyl adjacent to an activating group) is 1. The molecule has 0 aliphatic heterocycles. The molecule has 0 spiro atoms. The van der Waals surface area contributed by atoms with Crippen molar-refractivity contribution in [2.75, 3.05) is 47.4 Å². The quantitative estimate of drug-likeness (QED) is 0.180. The summed E-state index contributed by atoms with van der Waals surface area (Å²) in [6.45, 7) is 4.02. The Labute approximate surface area is 207 Å². The van der Waals surface area contributed by atoms with E-state index in [9.17, 15) is 4.79 Å². The number of carbonyl (C=O) groups is 1. The van der Waals surface area contributed by atoms with E-state index in [0.29, 0.717) is 19.1 Å². The number of aliphatic imine (C=N–C) groups is 1. The van der Waals surface area contributed by atoms with E-state index < -0.39 is 0 Å². The molecular weight excluding hydrogens is 523 g/mol. The topological polar surface area (TPSA) is 88.3 Å². The van der Waals surface area contributed by atoms with Crippen molar-refractivity contribution < 1.29 is 18.7 Å². The number of amides is 1. The van der Waals surface area contributed by atoms with Crippen molar-refractivity contribution in [2.45, 2.75) is 26.2 Å². The molecule has 1 heterocycles. The fourth-order valence-corrected chi connectivity index (χ4v) is 2.87. The van der Waals surface area contributed by atoms with Crippen molar-refractivity contribution in [3.8, 4) is 11.5 Å². The molecule has 2 aromatic rings. The molecule has 32 heavy (non-hydrogen) atoms. The van der Waals surface area contributed by atoms with Crippen molar-refractivity contribution in [3.63, 3.8) is 0 Å². The molecule has 0 saturated carbocycles. The molecule has 0 aliphatic rings. The van der Waals surface area contributed by atoms with Gasteiger partial charge in [0, 0.05) is 33.6 Å². The number of hydrogen-bond donors (Lipinski definition) is 2. The number of furan rings is 1. The Bertz CT molecular complexity index is 825. The molecule has 0 unspecified atom stereocenters. The second kappa shape index (κ2) is 15.4. The first-order chi connectivity index (χ1) is 15.0. The van der Waals surface area contributed by atoms with Crippen LogP contribution in [0, 0.1) is 0 Å². The van der Waals surface area contributed by atoms with Crippen LogP contribution in [0.3, 0.4) is 0 Å². The summed E-state index contributed by atoms with van der Waals surface area (Å²) in [5, 5.41) is 6.57. The lowest BCUT2D eigenvalue weighted by molar-refractivity contribution is -0.127. The van der Waals surface area contributed by atoms with E-state index in [1.165, 1.54) is 10.5 Å². The zero-order valence-corrected chi connectivity index (χ0v) is 21.7. The van der Waals surface area contributed by atoms with Gasteiger partial charge in [-0.2, -0.15) is 0 Å². The van der Waals surface area contributed by atoms with E-state index >= 15 is 0 Å². The summed E-state index contributed by atoms with van der Waals surface area (Å²) in [6.07, 6.45) is 4.18. The Morgan fingerprint density at radius 1 is 1.12 bits per heavy atom. The highest BCUT2D eigenvalue weighted by Crippen LogP contribution is 2.28. The van der Waals surface area contributed by atoms with Gasteiger partial charge in [-0.1, -0.05) is 6.07 Å². The molecule has 0 fully saturated rings. The Kier molecular flexibility index (Phi) is 13.3. The highest BCUT2D eigenvalue weighted by atomic mass is 127. The second-order valence-electron chi connectivity index (χ2n) is 7.16. The number of aryl methyl sites for hydroxylation is 1. The normalized spacial score (nSPS) is 10.8. The van der Waals surface area contributed by atoms with Crippen molar-refractivity contribution in [1.82, 2.24) is 15.5 Å². The monoisotopic (exact) mass is 558 g/mol. The van der Waals surface area contributed by atoms with Crippen LogP contribution < -0.4 is 20.1 Å². The predicted octanol–water partition coefficient (Wildman–Crippen LogP) is 3.10. The van der Waals surface area contributed by atoms with Crippen molar-refractivity contribution >= 4 is 35.8 Å². The van der Waals surface area contributed by atoms with Crippen LogP contribution >= 0.6 is 24.0 Å². The summed E-state index contributed by atoms with van der Waals surface area (Å²) in [7, 11) is 5.09. The molecule has 0 bridgehead atoms. The number of rotatable bonds is 12. The maximum atomic E-state index is 11.9. The fraction of sp³-hybridized carbons (Fsp3) is 0.478. The summed E-state index contributed by atoms with van der Waals surface area (Å²) in [6, 6.07) is 9.81. The third kappa shape index (κ3) is 9.80. The standard InChI is InChI=1S/C23H34N4O4.HI/c1-5-30-21-16-18(10-11-20(21)29-4)8-6-13-24-23(26-17-22(28)27(2)3)25-14-12-19-9-7-15-31-19;/h7,9-11,15-16H,5-6,8,12-14,17H2,1-4H3,(H2,24,25,26);1H. The Balaban J connectivity index is 0.00000512. The van der Waals surface area contributed by atoms with Crippen LogP contribution in [0.5, 0.6) is 11.5 Å². The predicted molar refractivity (Wildman–Crippen MR) is 137 cm³/mol. The van der Waals surface area contributed by atoms with Crippen LogP contribution in [0.25, 0.3) is 0 Å². The van der Waals surface area contributed by atoms with Crippen LogP contribution in [0.4, 0.5) is 0 Å². The van der Waals surface area contributed by atoms with Crippen molar-refractivity contribution in [3.05, 3.63) is 47.9 Å². The van der Waals surface area contributed by atoms with Crippen LogP contribution in [-0.2, 0) is 17.6 Å². The number of methoxy groups -OCH3 is 1. The summed E-state index contributed by atoms with van der Waals surface area (Å²) >= 11 is 0. The lowest BCUT2D eigenvalue weighted by atomic mass is 10.1. The molecule has 0 radical (unpaired) electrons. The van der Waals surface area contributed by atoms with Gasteiger partial charge >= 0.3 is 0 Å². The molecule has 1 amide bonds. The Morgan fingerprint density at radius 3 is 2.56 bits per heavy atom. The van der Waals surface area contributed by atoms with E-state index in [1.54, 1.807) is 27.5 Å². The lowest BCUT2D eigenvalue weighted by Crippen LogP contribution is -2.40. The van der Waals surface area contributed by atoms with E-state index in [0.717, 1.165) is 43.1 Å². The average molecular weight is 558 g/mol. The minimum atomic E-state index is -0.0474. The minimum Gasteiger partial charge on any atom is -0.493 e. The van der Waals surface area contributed by atoms with Gasteiger partial charge in [0.05, 0.1) is 20.0 Å². The molecular formula is C23H35IN4O4. The first kappa shape index (κ1) is 27.6. The third-order valence-corrected chi connectivity index (χ3v) is 4.58. The average Bonchev–Trinajstić information content (AvgIpc) is 3.28. The number of hydrogen-bond acceptors (Lipinski definition) is 5. The third-order valence-electron chi connectivity index (χ3n) is 4.58. The zero-order valence-electron chi connectivity index (χ0n) is 19.3. The molecule has 0 aliphatic carbocycles. The Morgan fingerprint density at radius 2 is 1.91 bits per heavy atom. The molecule has 2 rings (SSSR count). The van der Waals surface area contributed by atoms with Crippen molar-refractivity contribution in [2.24, 2.45) is 4.99 Å². The second-order valence-corrected chi connectivity index (χ2v) is 7.16. The number of nitrogens with one attached hydrogen (secondary N) is 2. The molecule has 0 saturated heterocycles. The molecule has 8 nitrogen and oxygen atoms in total. The van der Waals surface area contributed by atoms with Crippen LogP contribution in [-0.4, -0.2) is 64.2 Å². The van der Waals surface area contributed by atoms with Gasteiger partial charge in [0.25, 0.3) is 0 Å². The maximum absolute atomic E-state index is 11.9. The fourth-order valence-electron chi connectivity index (χ4n) is 2.87. The molecule has 178 valence electrons. The van der Waals surface area contributed by atoms with Crippen LogP contribution in [0.1, 0.15) is 24.7 Å². The van der Waals surface area contributed by atoms with Gasteiger partial charge in [0.2, 0.25) is 5.91 Å². The first-order valence-corrected chi connectivity index (χ1v) is 10.6. The number of benzene rings is 1. The highest BCUT2D eigenvalue weighted by Gasteiger charge is 2.07. The molecule has 9 heteroatoms. The first-order valence-electron chi connectivity index (χ1n) is 10.6. The van der Waals surface area contributed by atoms with Gasteiger partial charge < -0.3 is 29.4 Å². The van der Waals surface area contributed by atoms with E-state index in [-0.39, 0.29) is 36.4 Å². The number of ether oxygens (including phenoxy) is 2.